The Morgan fingerprint density at radius 1 is 1.27 bits per heavy atom. The van der Waals surface area contributed by atoms with Crippen LogP contribution in [0.15, 0.2) is 36.7 Å². The third-order valence-electron chi connectivity index (χ3n) is 4.06. The smallest absolute Gasteiger partial charge is 0.230 e. The van der Waals surface area contributed by atoms with Gasteiger partial charge in [-0.05, 0) is 30.2 Å². The molecular formula is C19H21FN4O2. The number of rotatable bonds is 4. The van der Waals surface area contributed by atoms with E-state index in [1.807, 2.05) is 20.8 Å². The topological polar surface area (TPSA) is 80.0 Å². The van der Waals surface area contributed by atoms with Gasteiger partial charge in [-0.15, -0.1) is 0 Å². The van der Waals surface area contributed by atoms with Crippen molar-refractivity contribution in [2.45, 2.75) is 33.7 Å². The molecule has 0 bridgehead atoms. The highest BCUT2D eigenvalue weighted by molar-refractivity contribution is 5.94. The van der Waals surface area contributed by atoms with Crippen LogP contribution in [0.2, 0.25) is 0 Å². The van der Waals surface area contributed by atoms with Crippen LogP contribution < -0.4 is 5.32 Å². The lowest BCUT2D eigenvalue weighted by molar-refractivity contribution is -0.123. The predicted octanol–water partition coefficient (Wildman–Crippen LogP) is 3.45. The number of aromatic nitrogens is 3. The Labute approximate surface area is 151 Å². The van der Waals surface area contributed by atoms with E-state index < -0.39 is 5.41 Å². The Balaban J connectivity index is 1.79. The molecule has 1 aromatic carbocycles. The molecule has 2 heterocycles. The number of aromatic hydroxyl groups is 1. The summed E-state index contributed by atoms with van der Waals surface area (Å²) in [6.07, 6.45) is 2.12. The van der Waals surface area contributed by atoms with Crippen molar-refractivity contribution in [3.05, 3.63) is 48.0 Å². The quantitative estimate of drug-likeness (QED) is 0.750. The normalized spacial score (nSPS) is 11.7. The first-order valence-electron chi connectivity index (χ1n) is 8.35. The summed E-state index contributed by atoms with van der Waals surface area (Å²) in [5.41, 5.74) is 0.878. The molecule has 0 unspecified atom stereocenters. The minimum atomic E-state index is -0.546. The fourth-order valence-corrected chi connectivity index (χ4v) is 2.44. The van der Waals surface area contributed by atoms with E-state index in [4.69, 9.17) is 0 Å². The van der Waals surface area contributed by atoms with Gasteiger partial charge in [0.1, 0.15) is 11.6 Å². The molecular weight excluding hydrogens is 335 g/mol. The molecule has 0 fully saturated rings. The fraction of sp³-hybridized carbons (Fsp3) is 0.316. The minimum absolute atomic E-state index is 0.0286. The number of benzene rings is 1. The van der Waals surface area contributed by atoms with Gasteiger partial charge in [0.25, 0.3) is 0 Å². The van der Waals surface area contributed by atoms with Gasteiger partial charge in [0.15, 0.2) is 5.82 Å². The molecule has 3 rings (SSSR count). The van der Waals surface area contributed by atoms with Gasteiger partial charge in [0.2, 0.25) is 11.8 Å². The van der Waals surface area contributed by atoms with Crippen LogP contribution in [-0.2, 0) is 17.8 Å². The summed E-state index contributed by atoms with van der Waals surface area (Å²) in [6.45, 7) is 5.91. The van der Waals surface area contributed by atoms with Crippen LogP contribution in [0.1, 0.15) is 26.3 Å². The monoisotopic (exact) mass is 356 g/mol. The largest absolute Gasteiger partial charge is 0.494 e. The second-order valence-electron chi connectivity index (χ2n) is 7.22. The fourth-order valence-electron chi connectivity index (χ4n) is 2.44. The van der Waals surface area contributed by atoms with Crippen LogP contribution in [-0.4, -0.2) is 25.5 Å². The van der Waals surface area contributed by atoms with E-state index in [0.717, 1.165) is 5.56 Å². The van der Waals surface area contributed by atoms with Gasteiger partial charge in [-0.2, -0.15) is 0 Å². The van der Waals surface area contributed by atoms with Gasteiger partial charge >= 0.3 is 0 Å². The average molecular weight is 356 g/mol. The molecule has 0 saturated carbocycles. The maximum Gasteiger partial charge on any atom is 0.230 e. The van der Waals surface area contributed by atoms with Gasteiger partial charge in [-0.1, -0.05) is 32.9 Å². The van der Waals surface area contributed by atoms with Crippen molar-refractivity contribution in [1.82, 2.24) is 14.5 Å². The van der Waals surface area contributed by atoms with Crippen molar-refractivity contribution in [3.63, 3.8) is 0 Å². The highest BCUT2D eigenvalue weighted by Crippen LogP contribution is 2.32. The number of carbonyl (C=O) groups is 1. The van der Waals surface area contributed by atoms with Gasteiger partial charge in [-0.25, -0.2) is 14.4 Å². The van der Waals surface area contributed by atoms with Crippen LogP contribution in [0.3, 0.4) is 0 Å². The van der Waals surface area contributed by atoms with E-state index in [-0.39, 0.29) is 17.6 Å². The van der Waals surface area contributed by atoms with Crippen molar-refractivity contribution in [1.29, 1.82) is 0 Å². The van der Waals surface area contributed by atoms with Crippen LogP contribution in [0, 0.1) is 11.2 Å². The molecule has 0 aliphatic carbocycles. The summed E-state index contributed by atoms with van der Waals surface area (Å²) < 4.78 is 14.6. The zero-order valence-corrected chi connectivity index (χ0v) is 15.0. The third-order valence-corrected chi connectivity index (χ3v) is 4.06. The first-order valence-corrected chi connectivity index (χ1v) is 8.35. The van der Waals surface area contributed by atoms with E-state index in [1.54, 1.807) is 22.8 Å². The maximum absolute atomic E-state index is 13.0. The summed E-state index contributed by atoms with van der Waals surface area (Å²) in [5, 5.41) is 13.2. The van der Waals surface area contributed by atoms with Gasteiger partial charge < -0.3 is 15.0 Å². The van der Waals surface area contributed by atoms with E-state index in [9.17, 15) is 14.3 Å². The summed E-state index contributed by atoms with van der Waals surface area (Å²) in [6, 6.07) is 7.85. The zero-order valence-electron chi connectivity index (χ0n) is 15.0. The van der Waals surface area contributed by atoms with Gasteiger partial charge in [-0.3, -0.25) is 4.79 Å². The number of carbonyl (C=O) groups excluding carboxylic acids is 1. The van der Waals surface area contributed by atoms with Crippen molar-refractivity contribution in [2.24, 2.45) is 5.41 Å². The third kappa shape index (κ3) is 3.82. The highest BCUT2D eigenvalue weighted by Gasteiger charge is 2.24. The molecule has 136 valence electrons. The molecule has 0 radical (unpaired) electrons. The number of amides is 1. The number of fused-ring (bicyclic) bond motifs is 1. The Kier molecular flexibility index (Phi) is 4.63. The Morgan fingerprint density at radius 2 is 1.96 bits per heavy atom. The van der Waals surface area contributed by atoms with Crippen LogP contribution in [0.4, 0.5) is 10.2 Å². The lowest BCUT2D eigenvalue weighted by Gasteiger charge is -2.16. The van der Waals surface area contributed by atoms with Crippen LogP contribution >= 0.6 is 0 Å². The van der Waals surface area contributed by atoms with E-state index in [0.29, 0.717) is 30.2 Å². The van der Waals surface area contributed by atoms with Crippen molar-refractivity contribution >= 4 is 11.7 Å². The summed E-state index contributed by atoms with van der Waals surface area (Å²) in [7, 11) is 0. The van der Waals surface area contributed by atoms with Crippen LogP contribution in [0.25, 0.3) is 11.4 Å². The van der Waals surface area contributed by atoms with E-state index >= 15 is 0 Å². The second kappa shape index (κ2) is 6.74. The van der Waals surface area contributed by atoms with Crippen molar-refractivity contribution < 1.29 is 14.3 Å². The number of aryl methyl sites for hydroxylation is 2. The zero-order chi connectivity index (χ0) is 18.9. The Bertz CT molecular complexity index is 897. The molecule has 2 aliphatic rings. The number of hydrogen-bond acceptors (Lipinski definition) is 4. The summed E-state index contributed by atoms with van der Waals surface area (Å²) in [5.74, 6) is 0.314. The Hall–Kier alpha value is -2.96. The number of nitrogens with zero attached hydrogens (tertiary/aromatic N) is 3. The molecule has 6 nitrogen and oxygen atoms in total. The lowest BCUT2D eigenvalue weighted by Crippen LogP contribution is -2.27. The second-order valence-corrected chi connectivity index (χ2v) is 7.22. The molecule has 0 atom stereocenters. The number of hydrogen-bond donors (Lipinski definition) is 2. The average Bonchev–Trinajstić information content (AvgIpc) is 2.98. The molecule has 2 aliphatic heterocycles. The molecule has 1 aromatic rings. The van der Waals surface area contributed by atoms with E-state index in [1.165, 1.54) is 18.5 Å². The maximum atomic E-state index is 13.0. The minimum Gasteiger partial charge on any atom is -0.494 e. The SMILES string of the molecule is CC(C)(C)C(=O)Nc1cc2c(O)n(CCc3ccc(F)cc3)cnc-2n1. The molecule has 0 aromatic heterocycles. The first-order chi connectivity index (χ1) is 12.2. The molecule has 0 saturated heterocycles. The first kappa shape index (κ1) is 17.8. The number of anilines is 1. The van der Waals surface area contributed by atoms with Crippen molar-refractivity contribution in [3.8, 4) is 17.3 Å². The van der Waals surface area contributed by atoms with E-state index in [2.05, 4.69) is 15.3 Å². The molecule has 1 amide bonds. The Morgan fingerprint density at radius 3 is 2.62 bits per heavy atom. The number of halogens is 1. The lowest BCUT2D eigenvalue weighted by atomic mass is 9.96. The molecule has 0 spiro atoms. The predicted molar refractivity (Wildman–Crippen MR) is 96.5 cm³/mol. The highest BCUT2D eigenvalue weighted by atomic mass is 19.1. The van der Waals surface area contributed by atoms with Gasteiger partial charge in [0, 0.05) is 12.0 Å². The molecule has 26 heavy (non-hydrogen) atoms. The standard InChI is InChI=1S/C19H21FN4O2/c1-19(2,3)18(26)23-15-10-14-16(22-15)21-11-24(17(14)25)9-8-12-4-6-13(20)7-5-12/h4-7,10-11,25H,8-9H2,1-3H3,(H,23,26). The number of nitrogens with one attached hydrogen (secondary N) is 1. The van der Waals surface area contributed by atoms with Gasteiger partial charge in [0.05, 0.1) is 11.9 Å². The summed E-state index contributed by atoms with van der Waals surface area (Å²) in [4.78, 5) is 20.6. The van der Waals surface area contributed by atoms with Crippen molar-refractivity contribution in [2.75, 3.05) is 5.32 Å². The molecule has 7 heteroatoms. The molecule has 2 N–H and O–H groups in total. The summed E-state index contributed by atoms with van der Waals surface area (Å²) >= 11 is 0. The van der Waals surface area contributed by atoms with Crippen LogP contribution in [0.5, 0.6) is 5.88 Å².